The Balaban J connectivity index is 3.72. The van der Waals surface area contributed by atoms with Gasteiger partial charge in [0.15, 0.2) is 11.9 Å². The van der Waals surface area contributed by atoms with E-state index in [1.807, 2.05) is 0 Å². The van der Waals surface area contributed by atoms with Gasteiger partial charge in [-0.25, -0.2) is 0 Å². The molecule has 220 valence electrons. The molecule has 0 aromatic rings. The van der Waals surface area contributed by atoms with Crippen molar-refractivity contribution in [1.29, 1.82) is 0 Å². The summed E-state index contributed by atoms with van der Waals surface area (Å²) in [6, 6.07) is 0. The lowest BCUT2D eigenvalue weighted by Crippen LogP contribution is -2.34. The Morgan fingerprint density at radius 1 is 0.541 bits per heavy atom. The zero-order valence-corrected chi connectivity index (χ0v) is 25.6. The number of esters is 2. The number of carbonyl (C=O) groups is 2. The Morgan fingerprint density at radius 3 is 1.16 bits per heavy atom. The molecule has 0 aliphatic rings. The second-order valence-corrected chi connectivity index (χ2v) is 11.4. The highest BCUT2D eigenvalue weighted by Gasteiger charge is 2.24. The van der Waals surface area contributed by atoms with Crippen LogP contribution in [-0.2, 0) is 19.1 Å². The monoisotopic (exact) mass is 544 g/mol. The largest absolute Gasteiger partial charge is 0.456 e. The molecule has 0 radical (unpaired) electrons. The van der Waals surface area contributed by atoms with Crippen molar-refractivity contribution in [3.8, 4) is 0 Å². The standard InChI is InChI=1S/C31H61O5P/c1-3-5-7-9-11-13-15-17-19-21-23-25-29(33)35-28(27-32)31(37)36-30(34)26-24-22-20-18-16-14-12-10-8-6-4-2/h28,31-32H,3-27,37H2,1-2H3. The lowest BCUT2D eigenvalue weighted by molar-refractivity contribution is -0.164. The van der Waals surface area contributed by atoms with Gasteiger partial charge in [-0.15, -0.1) is 0 Å². The number of rotatable bonds is 28. The van der Waals surface area contributed by atoms with E-state index in [0.717, 1.165) is 38.5 Å². The number of hydrogen-bond acceptors (Lipinski definition) is 5. The fourth-order valence-corrected chi connectivity index (χ4v) is 4.94. The van der Waals surface area contributed by atoms with Crippen molar-refractivity contribution in [2.45, 2.75) is 180 Å². The smallest absolute Gasteiger partial charge is 0.306 e. The van der Waals surface area contributed by atoms with Crippen LogP contribution >= 0.6 is 9.24 Å². The molecule has 0 aliphatic carbocycles. The lowest BCUT2D eigenvalue weighted by Gasteiger charge is -2.22. The molecule has 0 heterocycles. The molecule has 0 saturated heterocycles. The molecule has 37 heavy (non-hydrogen) atoms. The molecule has 0 fully saturated rings. The molecule has 0 aromatic heterocycles. The molecule has 1 N–H and O–H groups in total. The second-order valence-electron chi connectivity index (χ2n) is 10.7. The fourth-order valence-electron chi connectivity index (χ4n) is 4.59. The van der Waals surface area contributed by atoms with E-state index in [0.29, 0.717) is 12.8 Å². The van der Waals surface area contributed by atoms with Crippen LogP contribution in [0, 0.1) is 0 Å². The van der Waals surface area contributed by atoms with Crippen LogP contribution < -0.4 is 0 Å². The van der Waals surface area contributed by atoms with Gasteiger partial charge in [-0.2, -0.15) is 0 Å². The molecule has 3 atom stereocenters. The molecule has 0 aliphatic heterocycles. The maximum absolute atomic E-state index is 12.2. The zero-order valence-electron chi connectivity index (χ0n) is 24.5. The Kier molecular flexibility index (Phi) is 27.8. The van der Waals surface area contributed by atoms with E-state index in [2.05, 4.69) is 23.1 Å². The van der Waals surface area contributed by atoms with E-state index in [9.17, 15) is 14.7 Å². The molecular weight excluding hydrogens is 483 g/mol. The van der Waals surface area contributed by atoms with Crippen LogP contribution in [0.3, 0.4) is 0 Å². The molecule has 0 saturated carbocycles. The molecule has 0 bridgehead atoms. The minimum Gasteiger partial charge on any atom is -0.456 e. The van der Waals surface area contributed by atoms with Crippen LogP contribution in [-0.4, -0.2) is 35.6 Å². The molecule has 3 unspecified atom stereocenters. The van der Waals surface area contributed by atoms with Crippen molar-refractivity contribution >= 4 is 21.2 Å². The molecular formula is C31H61O5P. The molecule has 6 heteroatoms. The topological polar surface area (TPSA) is 72.8 Å². The highest BCUT2D eigenvalue weighted by molar-refractivity contribution is 7.17. The first kappa shape index (κ1) is 36.3. The second kappa shape index (κ2) is 28.3. The SMILES string of the molecule is CCCCCCCCCCCCCC(=O)OC(P)C(CO)OC(=O)CCCCCCCCCCCCC. The molecule has 0 spiro atoms. The summed E-state index contributed by atoms with van der Waals surface area (Å²) in [6.45, 7) is 4.13. The van der Waals surface area contributed by atoms with E-state index >= 15 is 0 Å². The summed E-state index contributed by atoms with van der Waals surface area (Å²) < 4.78 is 10.8. The van der Waals surface area contributed by atoms with Crippen LogP contribution in [0.25, 0.3) is 0 Å². The predicted molar refractivity (Wildman–Crippen MR) is 159 cm³/mol. The number of unbranched alkanes of at least 4 members (excludes halogenated alkanes) is 20. The first-order valence-electron chi connectivity index (χ1n) is 15.8. The van der Waals surface area contributed by atoms with Gasteiger partial charge in [0.05, 0.1) is 6.61 Å². The third-order valence-electron chi connectivity index (χ3n) is 7.07. The van der Waals surface area contributed by atoms with E-state index < -0.39 is 11.9 Å². The van der Waals surface area contributed by atoms with Crippen molar-refractivity contribution in [2.24, 2.45) is 0 Å². The predicted octanol–water partition coefficient (Wildman–Crippen LogP) is 9.04. The number of carbonyl (C=O) groups excluding carboxylic acids is 2. The van der Waals surface area contributed by atoms with Crippen molar-refractivity contribution < 1.29 is 24.2 Å². The van der Waals surface area contributed by atoms with Crippen LogP contribution in [0.4, 0.5) is 0 Å². The van der Waals surface area contributed by atoms with Gasteiger partial charge in [0.2, 0.25) is 0 Å². The number of aliphatic hydroxyl groups is 1. The van der Waals surface area contributed by atoms with Crippen LogP contribution in [0.5, 0.6) is 0 Å². The lowest BCUT2D eigenvalue weighted by atomic mass is 10.1. The Morgan fingerprint density at radius 2 is 0.838 bits per heavy atom. The Hall–Kier alpha value is -0.670. The van der Waals surface area contributed by atoms with E-state index in [1.165, 1.54) is 103 Å². The van der Waals surface area contributed by atoms with Crippen molar-refractivity contribution in [2.75, 3.05) is 6.61 Å². The van der Waals surface area contributed by atoms with Gasteiger partial charge in [-0.1, -0.05) is 152 Å². The summed E-state index contributed by atoms with van der Waals surface area (Å²) >= 11 is 0. The Labute approximate surface area is 231 Å². The van der Waals surface area contributed by atoms with E-state index in [1.54, 1.807) is 0 Å². The highest BCUT2D eigenvalue weighted by atomic mass is 31.0. The number of hydrogen-bond donors (Lipinski definition) is 1. The molecule has 0 aromatic carbocycles. The van der Waals surface area contributed by atoms with Gasteiger partial charge in [0, 0.05) is 12.8 Å². The Bertz CT molecular complexity index is 514. The van der Waals surface area contributed by atoms with Gasteiger partial charge in [-0.3, -0.25) is 9.59 Å². The molecule has 0 rings (SSSR count). The zero-order chi connectivity index (χ0) is 27.4. The normalized spacial score (nSPS) is 12.9. The first-order chi connectivity index (χ1) is 18.0. The summed E-state index contributed by atoms with van der Waals surface area (Å²) in [5.41, 5.74) is 0. The summed E-state index contributed by atoms with van der Waals surface area (Å²) in [5, 5.41) is 9.61. The van der Waals surface area contributed by atoms with Gasteiger partial charge >= 0.3 is 11.9 Å². The minimum absolute atomic E-state index is 0.296. The van der Waals surface area contributed by atoms with Crippen molar-refractivity contribution in [3.05, 3.63) is 0 Å². The quantitative estimate of drug-likeness (QED) is 0.0604. The van der Waals surface area contributed by atoms with Crippen molar-refractivity contribution in [3.63, 3.8) is 0 Å². The highest BCUT2D eigenvalue weighted by Crippen LogP contribution is 2.17. The van der Waals surface area contributed by atoms with Crippen LogP contribution in [0.1, 0.15) is 168 Å². The fraction of sp³-hybridized carbons (Fsp3) is 0.935. The van der Waals surface area contributed by atoms with Crippen LogP contribution in [0.2, 0.25) is 0 Å². The summed E-state index contributed by atoms with van der Waals surface area (Å²) in [6.07, 6.45) is 27.0. The summed E-state index contributed by atoms with van der Waals surface area (Å²) in [7, 11) is 2.39. The first-order valence-corrected chi connectivity index (χ1v) is 16.5. The molecule has 0 amide bonds. The third kappa shape index (κ3) is 25.4. The summed E-state index contributed by atoms with van der Waals surface area (Å²) in [5.74, 6) is -1.34. The van der Waals surface area contributed by atoms with Gasteiger partial charge in [0.25, 0.3) is 0 Å². The average Bonchev–Trinajstić information content (AvgIpc) is 2.88. The average molecular weight is 545 g/mol. The van der Waals surface area contributed by atoms with Crippen LogP contribution in [0.15, 0.2) is 0 Å². The van der Waals surface area contributed by atoms with Gasteiger partial charge < -0.3 is 14.6 Å². The minimum atomic E-state index is -0.827. The maximum atomic E-state index is 12.2. The number of ether oxygens (including phenoxy) is 2. The van der Waals surface area contributed by atoms with Gasteiger partial charge in [0.1, 0.15) is 0 Å². The summed E-state index contributed by atoms with van der Waals surface area (Å²) in [4.78, 5) is 24.3. The van der Waals surface area contributed by atoms with E-state index in [-0.39, 0.29) is 18.5 Å². The van der Waals surface area contributed by atoms with E-state index in [4.69, 9.17) is 9.47 Å². The van der Waals surface area contributed by atoms with Crippen molar-refractivity contribution in [1.82, 2.24) is 0 Å². The third-order valence-corrected chi connectivity index (χ3v) is 7.63. The molecule has 5 nitrogen and oxygen atoms in total. The maximum Gasteiger partial charge on any atom is 0.306 e. The number of aliphatic hydroxyl groups excluding tert-OH is 1. The van der Waals surface area contributed by atoms with Gasteiger partial charge in [-0.05, 0) is 12.8 Å².